The van der Waals surface area contributed by atoms with Gasteiger partial charge in [-0.25, -0.2) is 0 Å². The molecular weight excluding hydrogens is 322 g/mol. The van der Waals surface area contributed by atoms with Crippen LogP contribution in [0.4, 0.5) is 5.69 Å². The molecule has 112 valence electrons. The van der Waals surface area contributed by atoms with E-state index in [9.17, 15) is 0 Å². The molecule has 0 saturated heterocycles. The highest BCUT2D eigenvalue weighted by Crippen LogP contribution is 2.25. The van der Waals surface area contributed by atoms with Crippen LogP contribution >= 0.6 is 15.9 Å². The van der Waals surface area contributed by atoms with Crippen molar-refractivity contribution in [1.82, 2.24) is 0 Å². The number of aryl methyl sites for hydroxylation is 1. The highest BCUT2D eigenvalue weighted by Gasteiger charge is 2.08. The summed E-state index contributed by atoms with van der Waals surface area (Å²) in [7, 11) is 0. The van der Waals surface area contributed by atoms with Gasteiger partial charge in [0.05, 0.1) is 0 Å². The molecule has 0 bridgehead atoms. The molecule has 0 saturated carbocycles. The van der Waals surface area contributed by atoms with Gasteiger partial charge in [-0.05, 0) is 55.0 Å². The third-order valence-electron chi connectivity index (χ3n) is 3.70. The van der Waals surface area contributed by atoms with Crippen LogP contribution in [0.1, 0.15) is 43.5 Å². The fraction of sp³-hybridized carbons (Fsp3) is 0.368. The van der Waals surface area contributed by atoms with E-state index in [-0.39, 0.29) is 0 Å². The molecule has 0 heterocycles. The first-order valence-electron chi connectivity index (χ1n) is 7.57. The van der Waals surface area contributed by atoms with Crippen LogP contribution in [0.3, 0.4) is 0 Å². The maximum Gasteiger partial charge on any atom is 0.0485 e. The van der Waals surface area contributed by atoms with E-state index < -0.39 is 0 Å². The van der Waals surface area contributed by atoms with Crippen molar-refractivity contribution in [1.29, 1.82) is 0 Å². The largest absolute Gasteiger partial charge is 0.378 e. The van der Waals surface area contributed by atoms with Crippen LogP contribution in [0, 0.1) is 12.8 Å². The minimum atomic E-state index is 0.297. The molecule has 1 atom stereocenters. The number of rotatable bonds is 5. The molecule has 2 rings (SSSR count). The fourth-order valence-electron chi connectivity index (χ4n) is 2.48. The monoisotopic (exact) mass is 345 g/mol. The van der Waals surface area contributed by atoms with E-state index in [1.54, 1.807) is 0 Å². The number of hydrogen-bond acceptors (Lipinski definition) is 1. The van der Waals surface area contributed by atoms with Gasteiger partial charge >= 0.3 is 0 Å². The Balaban J connectivity index is 2.09. The molecular formula is C19H24BrN. The second-order valence-corrected chi connectivity index (χ2v) is 7.08. The van der Waals surface area contributed by atoms with Crippen LogP contribution in [0.5, 0.6) is 0 Å². The third kappa shape index (κ3) is 4.60. The van der Waals surface area contributed by atoms with Crippen LogP contribution < -0.4 is 5.32 Å². The van der Waals surface area contributed by atoms with Gasteiger partial charge in [-0.15, -0.1) is 0 Å². The molecule has 1 N–H and O–H groups in total. The molecule has 0 aromatic heterocycles. The van der Waals surface area contributed by atoms with Crippen molar-refractivity contribution in [3.05, 3.63) is 63.6 Å². The Bertz CT molecular complexity index is 587. The maximum atomic E-state index is 3.60. The maximum absolute atomic E-state index is 3.60. The SMILES string of the molecule is Cc1ccc(Br)cc1NC(C)c1ccc(CC(C)C)cc1. The Morgan fingerprint density at radius 2 is 1.67 bits per heavy atom. The van der Waals surface area contributed by atoms with Crippen LogP contribution in [0.2, 0.25) is 0 Å². The second-order valence-electron chi connectivity index (χ2n) is 6.16. The normalized spacial score (nSPS) is 12.5. The van der Waals surface area contributed by atoms with Crippen molar-refractivity contribution in [3.63, 3.8) is 0 Å². The predicted octanol–water partition coefficient (Wildman–Crippen LogP) is 6.13. The van der Waals surface area contributed by atoms with Gasteiger partial charge in [0.1, 0.15) is 0 Å². The number of hydrogen-bond donors (Lipinski definition) is 1. The summed E-state index contributed by atoms with van der Waals surface area (Å²) in [5.41, 5.74) is 5.19. The Kier molecular flexibility index (Phi) is 5.46. The first-order chi connectivity index (χ1) is 9.95. The van der Waals surface area contributed by atoms with E-state index in [4.69, 9.17) is 0 Å². The van der Waals surface area contributed by atoms with E-state index in [1.807, 2.05) is 0 Å². The van der Waals surface area contributed by atoms with E-state index in [1.165, 1.54) is 22.4 Å². The van der Waals surface area contributed by atoms with Gasteiger partial charge in [0, 0.05) is 16.2 Å². The van der Waals surface area contributed by atoms with Gasteiger partial charge < -0.3 is 5.32 Å². The van der Waals surface area contributed by atoms with Crippen molar-refractivity contribution >= 4 is 21.6 Å². The lowest BCUT2D eigenvalue weighted by atomic mass is 9.99. The number of nitrogens with one attached hydrogen (secondary N) is 1. The molecule has 1 nitrogen and oxygen atoms in total. The van der Waals surface area contributed by atoms with Gasteiger partial charge in [0.25, 0.3) is 0 Å². The van der Waals surface area contributed by atoms with Crippen molar-refractivity contribution in [2.45, 2.75) is 40.2 Å². The summed E-state index contributed by atoms with van der Waals surface area (Å²) in [6, 6.07) is 15.6. The van der Waals surface area contributed by atoms with E-state index in [0.717, 1.165) is 10.9 Å². The summed E-state index contributed by atoms with van der Waals surface area (Å²) in [4.78, 5) is 0. The summed E-state index contributed by atoms with van der Waals surface area (Å²) >= 11 is 3.53. The molecule has 21 heavy (non-hydrogen) atoms. The highest BCUT2D eigenvalue weighted by atomic mass is 79.9. The number of benzene rings is 2. The van der Waals surface area contributed by atoms with Crippen LogP contribution in [0.15, 0.2) is 46.9 Å². The number of halogens is 1. The van der Waals surface area contributed by atoms with Gasteiger partial charge in [0.2, 0.25) is 0 Å². The van der Waals surface area contributed by atoms with Gasteiger partial charge in [-0.1, -0.05) is 60.1 Å². The molecule has 2 heteroatoms. The zero-order chi connectivity index (χ0) is 15.4. The fourth-order valence-corrected chi connectivity index (χ4v) is 2.84. The van der Waals surface area contributed by atoms with Gasteiger partial charge in [-0.3, -0.25) is 0 Å². The summed E-state index contributed by atoms with van der Waals surface area (Å²) in [6.07, 6.45) is 1.15. The summed E-state index contributed by atoms with van der Waals surface area (Å²) in [5.74, 6) is 0.704. The smallest absolute Gasteiger partial charge is 0.0485 e. The summed E-state index contributed by atoms with van der Waals surface area (Å²) in [6.45, 7) is 8.85. The standard InChI is InChI=1S/C19H24BrN/c1-13(2)11-16-6-8-17(9-7-16)15(4)21-19-12-18(20)10-5-14(19)3/h5-10,12-13,15,21H,11H2,1-4H3. The lowest BCUT2D eigenvalue weighted by molar-refractivity contribution is 0.647. The summed E-state index contributed by atoms with van der Waals surface area (Å²) < 4.78 is 1.11. The molecule has 0 radical (unpaired) electrons. The molecule has 0 amide bonds. The Morgan fingerprint density at radius 1 is 1.00 bits per heavy atom. The zero-order valence-electron chi connectivity index (χ0n) is 13.3. The van der Waals surface area contributed by atoms with Crippen LogP contribution in [0.25, 0.3) is 0 Å². The van der Waals surface area contributed by atoms with E-state index >= 15 is 0 Å². The zero-order valence-corrected chi connectivity index (χ0v) is 14.9. The summed E-state index contributed by atoms with van der Waals surface area (Å²) in [5, 5.41) is 3.60. The van der Waals surface area contributed by atoms with Crippen molar-refractivity contribution in [2.24, 2.45) is 5.92 Å². The molecule has 0 aliphatic carbocycles. The highest BCUT2D eigenvalue weighted by molar-refractivity contribution is 9.10. The first-order valence-corrected chi connectivity index (χ1v) is 8.36. The quantitative estimate of drug-likeness (QED) is 0.687. The van der Waals surface area contributed by atoms with Crippen molar-refractivity contribution in [2.75, 3.05) is 5.32 Å². The van der Waals surface area contributed by atoms with Crippen LogP contribution in [-0.2, 0) is 6.42 Å². The molecule has 0 fully saturated rings. The first kappa shape index (κ1) is 16.1. The molecule has 2 aromatic carbocycles. The minimum absolute atomic E-state index is 0.297. The Hall–Kier alpha value is -1.28. The average Bonchev–Trinajstić information content (AvgIpc) is 2.43. The lowest BCUT2D eigenvalue weighted by Gasteiger charge is -2.18. The van der Waals surface area contributed by atoms with E-state index in [0.29, 0.717) is 12.0 Å². The Morgan fingerprint density at radius 3 is 2.29 bits per heavy atom. The molecule has 2 aromatic rings. The van der Waals surface area contributed by atoms with E-state index in [2.05, 4.69) is 91.4 Å². The average molecular weight is 346 g/mol. The lowest BCUT2D eigenvalue weighted by Crippen LogP contribution is -2.08. The molecule has 0 spiro atoms. The number of anilines is 1. The molecule has 0 aliphatic heterocycles. The molecule has 0 aliphatic rings. The topological polar surface area (TPSA) is 12.0 Å². The van der Waals surface area contributed by atoms with Crippen LogP contribution in [-0.4, -0.2) is 0 Å². The van der Waals surface area contributed by atoms with Crippen molar-refractivity contribution < 1.29 is 0 Å². The third-order valence-corrected chi connectivity index (χ3v) is 4.19. The second kappa shape index (κ2) is 7.13. The molecule has 1 unspecified atom stereocenters. The Labute approximate surface area is 136 Å². The van der Waals surface area contributed by atoms with Gasteiger partial charge in [0.15, 0.2) is 0 Å². The minimum Gasteiger partial charge on any atom is -0.378 e. The van der Waals surface area contributed by atoms with Crippen molar-refractivity contribution in [3.8, 4) is 0 Å². The predicted molar refractivity (Wildman–Crippen MR) is 95.9 cm³/mol. The van der Waals surface area contributed by atoms with Gasteiger partial charge in [-0.2, -0.15) is 0 Å².